The van der Waals surface area contributed by atoms with Crippen LogP contribution in [-0.2, 0) is 0 Å². The molecule has 1 heterocycles. The summed E-state index contributed by atoms with van der Waals surface area (Å²) in [6.45, 7) is 0. The van der Waals surface area contributed by atoms with Crippen LogP contribution < -0.4 is 5.32 Å². The summed E-state index contributed by atoms with van der Waals surface area (Å²) >= 11 is 7.32. The molecular formula is C12H9ClN4S. The molecule has 0 saturated heterocycles. The van der Waals surface area contributed by atoms with Crippen LogP contribution in [0.2, 0.25) is 5.15 Å². The molecule has 4 nitrogen and oxygen atoms in total. The molecule has 0 spiro atoms. The maximum atomic E-state index is 9.08. The van der Waals surface area contributed by atoms with E-state index in [4.69, 9.17) is 16.9 Å². The first-order chi connectivity index (χ1) is 8.74. The molecule has 0 saturated carbocycles. The number of benzene rings is 1. The number of thioether (sulfide) groups is 1. The molecular weight excluding hydrogens is 268 g/mol. The van der Waals surface area contributed by atoms with Crippen molar-refractivity contribution in [2.24, 2.45) is 0 Å². The molecule has 0 aliphatic carbocycles. The van der Waals surface area contributed by atoms with Crippen molar-refractivity contribution in [3.63, 3.8) is 0 Å². The van der Waals surface area contributed by atoms with Crippen molar-refractivity contribution in [2.75, 3.05) is 11.6 Å². The van der Waals surface area contributed by atoms with Crippen LogP contribution in [0.25, 0.3) is 0 Å². The van der Waals surface area contributed by atoms with E-state index >= 15 is 0 Å². The van der Waals surface area contributed by atoms with Crippen molar-refractivity contribution in [1.82, 2.24) is 9.97 Å². The number of para-hydroxylation sites is 1. The zero-order chi connectivity index (χ0) is 13.0. The Bertz CT molecular complexity index is 595. The molecule has 0 atom stereocenters. The van der Waals surface area contributed by atoms with Crippen molar-refractivity contribution in [2.45, 2.75) is 5.16 Å². The average molecular weight is 277 g/mol. The van der Waals surface area contributed by atoms with Gasteiger partial charge in [0, 0.05) is 5.69 Å². The molecule has 0 aliphatic heterocycles. The molecule has 1 aromatic heterocycles. The van der Waals surface area contributed by atoms with E-state index < -0.39 is 0 Å². The highest BCUT2D eigenvalue weighted by molar-refractivity contribution is 7.98. The van der Waals surface area contributed by atoms with E-state index in [0.29, 0.717) is 11.0 Å². The Morgan fingerprint density at radius 1 is 1.28 bits per heavy atom. The lowest BCUT2D eigenvalue weighted by Gasteiger charge is -2.08. The summed E-state index contributed by atoms with van der Waals surface area (Å²) < 4.78 is 0. The number of aromatic nitrogens is 2. The molecule has 1 aromatic carbocycles. The lowest BCUT2D eigenvalue weighted by molar-refractivity contribution is 0.969. The molecule has 18 heavy (non-hydrogen) atoms. The maximum Gasteiger partial charge on any atom is 0.190 e. The smallest absolute Gasteiger partial charge is 0.190 e. The van der Waals surface area contributed by atoms with Crippen LogP contribution in [0, 0.1) is 11.3 Å². The van der Waals surface area contributed by atoms with Crippen LogP contribution in [-0.4, -0.2) is 16.2 Å². The minimum Gasteiger partial charge on any atom is -0.339 e. The van der Waals surface area contributed by atoms with Gasteiger partial charge in [0.05, 0.1) is 0 Å². The first-order valence-electron chi connectivity index (χ1n) is 5.08. The van der Waals surface area contributed by atoms with Crippen molar-refractivity contribution in [3.8, 4) is 6.07 Å². The van der Waals surface area contributed by atoms with Gasteiger partial charge < -0.3 is 5.32 Å². The van der Waals surface area contributed by atoms with Crippen molar-refractivity contribution < 1.29 is 0 Å². The Kier molecular flexibility index (Phi) is 4.03. The largest absolute Gasteiger partial charge is 0.339 e. The highest BCUT2D eigenvalue weighted by atomic mass is 35.5. The fourth-order valence-electron chi connectivity index (χ4n) is 1.35. The van der Waals surface area contributed by atoms with Gasteiger partial charge in [0.25, 0.3) is 0 Å². The van der Waals surface area contributed by atoms with Crippen LogP contribution in [0.15, 0.2) is 35.5 Å². The normalized spacial score (nSPS) is 9.83. The van der Waals surface area contributed by atoms with Gasteiger partial charge in [0.2, 0.25) is 0 Å². The van der Waals surface area contributed by atoms with E-state index in [-0.39, 0.29) is 10.7 Å². The Morgan fingerprint density at radius 2 is 2.00 bits per heavy atom. The summed E-state index contributed by atoms with van der Waals surface area (Å²) in [7, 11) is 0. The molecule has 6 heteroatoms. The first kappa shape index (κ1) is 12.7. The fourth-order valence-corrected chi connectivity index (χ4v) is 1.98. The lowest BCUT2D eigenvalue weighted by atomic mass is 10.3. The van der Waals surface area contributed by atoms with Crippen molar-refractivity contribution in [3.05, 3.63) is 41.0 Å². The molecule has 0 unspecified atom stereocenters. The van der Waals surface area contributed by atoms with Gasteiger partial charge in [-0.05, 0) is 18.4 Å². The lowest BCUT2D eigenvalue weighted by Crippen LogP contribution is -2.01. The fraction of sp³-hybridized carbons (Fsp3) is 0.0833. The second kappa shape index (κ2) is 5.71. The van der Waals surface area contributed by atoms with Crippen molar-refractivity contribution in [1.29, 1.82) is 5.26 Å². The molecule has 2 rings (SSSR count). The molecule has 1 N–H and O–H groups in total. The quantitative estimate of drug-likeness (QED) is 0.528. The van der Waals surface area contributed by atoms with Crippen LogP contribution in [0.4, 0.5) is 11.5 Å². The third kappa shape index (κ3) is 2.73. The van der Waals surface area contributed by atoms with Gasteiger partial charge in [-0.1, -0.05) is 41.6 Å². The molecule has 0 fully saturated rings. The molecule has 0 aliphatic rings. The second-order valence-corrected chi connectivity index (χ2v) is 4.46. The third-order valence-electron chi connectivity index (χ3n) is 2.18. The van der Waals surface area contributed by atoms with Gasteiger partial charge in [-0.25, -0.2) is 9.97 Å². The van der Waals surface area contributed by atoms with Crippen LogP contribution in [0.5, 0.6) is 0 Å². The Labute approximate surface area is 114 Å². The Balaban J connectivity index is 2.43. The summed E-state index contributed by atoms with van der Waals surface area (Å²) in [5.74, 6) is 0.424. The van der Waals surface area contributed by atoms with E-state index in [9.17, 15) is 0 Å². The van der Waals surface area contributed by atoms with Crippen LogP contribution in [0.1, 0.15) is 5.56 Å². The van der Waals surface area contributed by atoms with E-state index in [0.717, 1.165) is 5.69 Å². The molecule has 0 bridgehead atoms. The number of nitrogens with one attached hydrogen (secondary N) is 1. The standard InChI is InChI=1S/C12H9ClN4S/c1-18-12-16-10(13)9(7-14)11(17-12)15-8-5-3-2-4-6-8/h2-6H,1H3,(H,15,16,17). The Hall–Kier alpha value is -1.77. The predicted octanol–water partition coefficient (Wildman–Crippen LogP) is 3.47. The van der Waals surface area contributed by atoms with E-state index in [1.54, 1.807) is 0 Å². The third-order valence-corrected chi connectivity index (χ3v) is 3.00. The van der Waals surface area contributed by atoms with Crippen molar-refractivity contribution >= 4 is 34.9 Å². The number of hydrogen-bond donors (Lipinski definition) is 1. The predicted molar refractivity (Wildman–Crippen MR) is 73.3 cm³/mol. The topological polar surface area (TPSA) is 61.6 Å². The number of rotatable bonds is 3. The van der Waals surface area contributed by atoms with Gasteiger partial charge in [-0.15, -0.1) is 0 Å². The average Bonchev–Trinajstić information content (AvgIpc) is 2.39. The highest BCUT2D eigenvalue weighted by Gasteiger charge is 2.12. The van der Waals surface area contributed by atoms with Gasteiger partial charge in [-0.3, -0.25) is 0 Å². The number of hydrogen-bond acceptors (Lipinski definition) is 5. The van der Waals surface area contributed by atoms with Gasteiger partial charge in [-0.2, -0.15) is 5.26 Å². The van der Waals surface area contributed by atoms with Crippen LogP contribution >= 0.6 is 23.4 Å². The van der Waals surface area contributed by atoms with Crippen LogP contribution in [0.3, 0.4) is 0 Å². The summed E-state index contributed by atoms with van der Waals surface area (Å²) in [4.78, 5) is 8.27. The van der Waals surface area contributed by atoms with Gasteiger partial charge >= 0.3 is 0 Å². The minimum atomic E-state index is 0.162. The maximum absolute atomic E-state index is 9.08. The second-order valence-electron chi connectivity index (χ2n) is 3.33. The molecule has 0 amide bonds. The first-order valence-corrected chi connectivity index (χ1v) is 6.68. The molecule has 90 valence electrons. The monoisotopic (exact) mass is 276 g/mol. The number of nitriles is 1. The SMILES string of the molecule is CSc1nc(Cl)c(C#N)c(Nc2ccccc2)n1. The summed E-state index contributed by atoms with van der Waals surface area (Å²) in [5, 5.41) is 12.8. The van der Waals surface area contributed by atoms with E-state index in [1.165, 1.54) is 11.8 Å². The Morgan fingerprint density at radius 3 is 2.61 bits per heavy atom. The summed E-state index contributed by atoms with van der Waals surface area (Å²) in [5.41, 5.74) is 1.09. The number of halogens is 1. The summed E-state index contributed by atoms with van der Waals surface area (Å²) in [6.07, 6.45) is 1.85. The number of nitrogens with zero attached hydrogens (tertiary/aromatic N) is 3. The summed E-state index contributed by atoms with van der Waals surface area (Å²) in [6, 6.07) is 11.5. The minimum absolute atomic E-state index is 0.162. The number of anilines is 2. The zero-order valence-electron chi connectivity index (χ0n) is 9.51. The van der Waals surface area contributed by atoms with E-state index in [2.05, 4.69) is 15.3 Å². The molecule has 2 aromatic rings. The molecule has 0 radical (unpaired) electrons. The van der Waals surface area contributed by atoms with E-state index in [1.807, 2.05) is 42.7 Å². The van der Waals surface area contributed by atoms with Gasteiger partial charge in [0.15, 0.2) is 16.1 Å². The van der Waals surface area contributed by atoms with Gasteiger partial charge in [0.1, 0.15) is 11.6 Å². The zero-order valence-corrected chi connectivity index (χ0v) is 11.1. The highest BCUT2D eigenvalue weighted by Crippen LogP contribution is 2.25.